The molecule has 1 aromatic heterocycles. The van der Waals surface area contributed by atoms with Crippen LogP contribution in [0.15, 0.2) is 0 Å². The van der Waals surface area contributed by atoms with Crippen LogP contribution in [0.2, 0.25) is 0 Å². The minimum absolute atomic E-state index is 0.0435. The van der Waals surface area contributed by atoms with Crippen LogP contribution in [0, 0.1) is 6.92 Å². The summed E-state index contributed by atoms with van der Waals surface area (Å²) >= 11 is 1.23. The number of amides is 2. The van der Waals surface area contributed by atoms with E-state index < -0.39 is 0 Å². The van der Waals surface area contributed by atoms with Gasteiger partial charge in [-0.2, -0.15) is 4.37 Å². The Bertz CT molecular complexity index is 357. The zero-order chi connectivity index (χ0) is 11.4. The zero-order valence-electron chi connectivity index (χ0n) is 9.40. The number of carbonyl (C=O) groups excluding carboxylic acids is 1. The zero-order valence-corrected chi connectivity index (χ0v) is 10.2. The number of hydrogen-bond donors (Lipinski definition) is 1. The number of likely N-dealkylation sites (tertiary alicyclic amines) is 1. The van der Waals surface area contributed by atoms with E-state index in [1.165, 1.54) is 24.4 Å². The van der Waals surface area contributed by atoms with Crippen LogP contribution in [0.1, 0.15) is 31.5 Å². The van der Waals surface area contributed by atoms with Gasteiger partial charge in [0.15, 0.2) is 0 Å². The monoisotopic (exact) mass is 240 g/mol. The minimum Gasteiger partial charge on any atom is -0.324 e. The molecule has 2 amide bonds. The van der Waals surface area contributed by atoms with Gasteiger partial charge in [-0.05, 0) is 19.8 Å². The lowest BCUT2D eigenvalue weighted by Gasteiger charge is -2.19. The standard InChI is InChI=1S/C10H16N4OS/c1-8-11-9(16-13-8)12-10(15)14-6-4-2-3-5-7-14/h2-7H2,1H3,(H,11,12,13,15). The van der Waals surface area contributed by atoms with Crippen LogP contribution < -0.4 is 5.32 Å². The molecule has 0 aliphatic carbocycles. The predicted octanol–water partition coefficient (Wildman–Crippen LogP) is 2.25. The molecule has 5 nitrogen and oxygen atoms in total. The molecule has 1 aliphatic heterocycles. The van der Waals surface area contributed by atoms with E-state index in [0.29, 0.717) is 11.0 Å². The van der Waals surface area contributed by atoms with Gasteiger partial charge >= 0.3 is 6.03 Å². The third-order valence-corrected chi connectivity index (χ3v) is 3.36. The van der Waals surface area contributed by atoms with Crippen LogP contribution in [0.4, 0.5) is 9.93 Å². The van der Waals surface area contributed by atoms with Gasteiger partial charge in [0.1, 0.15) is 5.82 Å². The normalized spacial score (nSPS) is 16.9. The number of aromatic nitrogens is 2. The van der Waals surface area contributed by atoms with E-state index in [1.54, 1.807) is 0 Å². The molecule has 1 aliphatic rings. The molecule has 0 radical (unpaired) electrons. The molecule has 0 saturated carbocycles. The van der Waals surface area contributed by atoms with Crippen molar-refractivity contribution < 1.29 is 4.79 Å². The second kappa shape index (κ2) is 5.25. The van der Waals surface area contributed by atoms with Crippen LogP contribution in [0.3, 0.4) is 0 Å². The summed E-state index contributed by atoms with van der Waals surface area (Å²) in [5.74, 6) is 0.705. The first-order valence-corrected chi connectivity index (χ1v) is 6.39. The summed E-state index contributed by atoms with van der Waals surface area (Å²) in [7, 11) is 0. The Hall–Kier alpha value is -1.17. The molecule has 2 heterocycles. The Balaban J connectivity index is 1.91. The van der Waals surface area contributed by atoms with Crippen molar-refractivity contribution in [2.24, 2.45) is 0 Å². The summed E-state index contributed by atoms with van der Waals surface area (Å²) < 4.78 is 4.03. The molecule has 0 bridgehead atoms. The number of nitrogens with zero attached hydrogens (tertiary/aromatic N) is 3. The first-order valence-electron chi connectivity index (χ1n) is 5.62. The van der Waals surface area contributed by atoms with Crippen molar-refractivity contribution in [3.63, 3.8) is 0 Å². The summed E-state index contributed by atoms with van der Waals surface area (Å²) in [5.41, 5.74) is 0. The van der Waals surface area contributed by atoms with Crippen LogP contribution in [0.5, 0.6) is 0 Å². The fraction of sp³-hybridized carbons (Fsp3) is 0.700. The average molecular weight is 240 g/mol. The second-order valence-corrected chi connectivity index (χ2v) is 4.73. The maximum Gasteiger partial charge on any atom is 0.323 e. The van der Waals surface area contributed by atoms with Gasteiger partial charge < -0.3 is 4.90 Å². The molecule has 0 unspecified atom stereocenters. The SMILES string of the molecule is Cc1nsc(NC(=O)N2CCCCCC2)n1. The molecule has 16 heavy (non-hydrogen) atoms. The fourth-order valence-electron chi connectivity index (χ4n) is 1.79. The summed E-state index contributed by atoms with van der Waals surface area (Å²) in [6, 6.07) is -0.0435. The van der Waals surface area contributed by atoms with Crippen molar-refractivity contribution in [3.8, 4) is 0 Å². The molecule has 1 aromatic rings. The van der Waals surface area contributed by atoms with Gasteiger partial charge in [0.05, 0.1) is 0 Å². The smallest absolute Gasteiger partial charge is 0.323 e. The molecule has 2 rings (SSSR count). The topological polar surface area (TPSA) is 58.1 Å². The molecule has 6 heteroatoms. The molecule has 0 spiro atoms. The summed E-state index contributed by atoms with van der Waals surface area (Å²) in [5, 5.41) is 3.38. The van der Waals surface area contributed by atoms with E-state index in [0.717, 1.165) is 25.9 Å². The van der Waals surface area contributed by atoms with Gasteiger partial charge in [0, 0.05) is 24.6 Å². The van der Waals surface area contributed by atoms with E-state index in [4.69, 9.17) is 0 Å². The molecule has 0 aromatic carbocycles. The van der Waals surface area contributed by atoms with E-state index in [2.05, 4.69) is 14.7 Å². The van der Waals surface area contributed by atoms with E-state index in [9.17, 15) is 4.79 Å². The van der Waals surface area contributed by atoms with Gasteiger partial charge in [-0.25, -0.2) is 9.78 Å². The third-order valence-electron chi connectivity index (χ3n) is 2.63. The quantitative estimate of drug-likeness (QED) is 0.819. The molecule has 1 fully saturated rings. The first-order chi connectivity index (χ1) is 7.75. The highest BCUT2D eigenvalue weighted by atomic mass is 32.1. The molecule has 88 valence electrons. The van der Waals surface area contributed by atoms with Gasteiger partial charge in [-0.1, -0.05) is 12.8 Å². The van der Waals surface area contributed by atoms with E-state index >= 15 is 0 Å². The lowest BCUT2D eigenvalue weighted by Crippen LogP contribution is -2.35. The van der Waals surface area contributed by atoms with Gasteiger partial charge in [0.2, 0.25) is 5.13 Å². The minimum atomic E-state index is -0.0435. The Labute approximate surface area is 99.0 Å². The number of urea groups is 1. The lowest BCUT2D eigenvalue weighted by atomic mass is 10.2. The largest absolute Gasteiger partial charge is 0.324 e. The summed E-state index contributed by atoms with van der Waals surface area (Å²) in [6.07, 6.45) is 4.65. The Morgan fingerprint density at radius 3 is 2.56 bits per heavy atom. The second-order valence-electron chi connectivity index (χ2n) is 3.98. The van der Waals surface area contributed by atoms with Crippen LogP contribution in [-0.2, 0) is 0 Å². The number of hydrogen-bond acceptors (Lipinski definition) is 4. The van der Waals surface area contributed by atoms with E-state index in [1.807, 2.05) is 11.8 Å². The van der Waals surface area contributed by atoms with Gasteiger partial charge in [0.25, 0.3) is 0 Å². The highest BCUT2D eigenvalue weighted by molar-refractivity contribution is 7.09. The maximum atomic E-state index is 11.9. The lowest BCUT2D eigenvalue weighted by molar-refractivity contribution is 0.214. The Morgan fingerprint density at radius 2 is 2.00 bits per heavy atom. The fourth-order valence-corrected chi connectivity index (χ4v) is 2.36. The number of nitrogens with one attached hydrogen (secondary N) is 1. The van der Waals surface area contributed by atoms with Crippen LogP contribution >= 0.6 is 11.5 Å². The Morgan fingerprint density at radius 1 is 1.31 bits per heavy atom. The molecule has 1 N–H and O–H groups in total. The summed E-state index contributed by atoms with van der Waals surface area (Å²) in [4.78, 5) is 17.9. The van der Waals surface area contributed by atoms with Crippen LogP contribution in [-0.4, -0.2) is 33.4 Å². The average Bonchev–Trinajstić information content (AvgIpc) is 2.56. The summed E-state index contributed by atoms with van der Waals surface area (Å²) in [6.45, 7) is 3.52. The van der Waals surface area contributed by atoms with Crippen molar-refractivity contribution in [1.29, 1.82) is 0 Å². The Kier molecular flexibility index (Phi) is 3.71. The van der Waals surface area contributed by atoms with Crippen molar-refractivity contribution in [3.05, 3.63) is 5.82 Å². The predicted molar refractivity (Wildman–Crippen MR) is 63.7 cm³/mol. The van der Waals surface area contributed by atoms with Crippen molar-refractivity contribution in [1.82, 2.24) is 14.3 Å². The number of rotatable bonds is 1. The number of anilines is 1. The molecule has 1 saturated heterocycles. The third kappa shape index (κ3) is 2.91. The van der Waals surface area contributed by atoms with Crippen molar-refractivity contribution >= 4 is 22.7 Å². The van der Waals surface area contributed by atoms with E-state index in [-0.39, 0.29) is 6.03 Å². The van der Waals surface area contributed by atoms with Gasteiger partial charge in [-0.3, -0.25) is 5.32 Å². The van der Waals surface area contributed by atoms with Crippen molar-refractivity contribution in [2.45, 2.75) is 32.6 Å². The van der Waals surface area contributed by atoms with Crippen LogP contribution in [0.25, 0.3) is 0 Å². The first kappa shape index (κ1) is 11.3. The highest BCUT2D eigenvalue weighted by Crippen LogP contribution is 2.14. The van der Waals surface area contributed by atoms with Gasteiger partial charge in [-0.15, -0.1) is 0 Å². The number of aryl methyl sites for hydroxylation is 1. The molecule has 0 atom stereocenters. The maximum absolute atomic E-state index is 11.9. The molecular formula is C10H16N4OS. The molecular weight excluding hydrogens is 224 g/mol. The number of carbonyl (C=O) groups is 1. The van der Waals surface area contributed by atoms with Crippen molar-refractivity contribution in [2.75, 3.05) is 18.4 Å². The highest BCUT2D eigenvalue weighted by Gasteiger charge is 2.16.